The molecule has 3 aromatic carbocycles. The molecule has 7 nitrogen and oxygen atoms in total. The normalized spacial score (nSPS) is 16.7. The number of hydrogen-bond acceptors (Lipinski definition) is 4. The number of amides is 2. The minimum absolute atomic E-state index is 0.165. The largest absolute Gasteiger partial charge is 0.497 e. The fourth-order valence-corrected chi connectivity index (χ4v) is 4.91. The van der Waals surface area contributed by atoms with Crippen molar-refractivity contribution in [1.29, 1.82) is 0 Å². The Balaban J connectivity index is 1.37. The molecule has 7 heteroatoms. The van der Waals surface area contributed by atoms with Gasteiger partial charge in [-0.3, -0.25) is 0 Å². The van der Waals surface area contributed by atoms with Crippen molar-refractivity contribution in [3.63, 3.8) is 0 Å². The summed E-state index contributed by atoms with van der Waals surface area (Å²) < 4.78 is 16.6. The Hall–Kier alpha value is -4.13. The summed E-state index contributed by atoms with van der Waals surface area (Å²) in [5, 5.41) is 4.27. The van der Waals surface area contributed by atoms with E-state index in [2.05, 4.69) is 28.5 Å². The zero-order chi connectivity index (χ0) is 23.1. The fourth-order valence-electron chi connectivity index (χ4n) is 4.91. The molecule has 0 unspecified atom stereocenters. The van der Waals surface area contributed by atoms with Crippen molar-refractivity contribution in [3.05, 3.63) is 83.6 Å². The number of carbonyl (C=O) groups excluding carboxylic acids is 1. The van der Waals surface area contributed by atoms with Crippen LogP contribution in [0.4, 0.5) is 10.5 Å². The summed E-state index contributed by atoms with van der Waals surface area (Å²) in [7, 11) is 1.65. The molecule has 0 bridgehead atoms. The van der Waals surface area contributed by atoms with Crippen LogP contribution >= 0.6 is 0 Å². The van der Waals surface area contributed by atoms with Crippen LogP contribution in [0.15, 0.2) is 66.7 Å². The number of carbonyl (C=O) groups is 1. The van der Waals surface area contributed by atoms with Crippen molar-refractivity contribution >= 4 is 22.6 Å². The van der Waals surface area contributed by atoms with E-state index in [0.29, 0.717) is 36.9 Å². The van der Waals surface area contributed by atoms with Crippen LogP contribution in [-0.4, -0.2) is 42.8 Å². The summed E-state index contributed by atoms with van der Waals surface area (Å²) in [5.41, 5.74) is 5.09. The molecule has 2 amide bonds. The Kier molecular flexibility index (Phi) is 5.02. The number of aromatic amines is 1. The highest BCUT2D eigenvalue weighted by Gasteiger charge is 2.34. The summed E-state index contributed by atoms with van der Waals surface area (Å²) in [5.74, 6) is 2.12. The van der Waals surface area contributed by atoms with Crippen LogP contribution in [0.2, 0.25) is 0 Å². The SMILES string of the molecule is COc1ccc([C@@H]2c3[nH]c4ccccc4c3CCN2C(=O)Nc2ccc3c(c2)OCCO3)cc1. The van der Waals surface area contributed by atoms with Gasteiger partial charge in [-0.05, 0) is 47.9 Å². The Morgan fingerprint density at radius 2 is 1.82 bits per heavy atom. The molecule has 4 aromatic rings. The molecule has 3 heterocycles. The summed E-state index contributed by atoms with van der Waals surface area (Å²) in [6.07, 6.45) is 0.778. The third-order valence-electron chi connectivity index (χ3n) is 6.52. The molecule has 2 N–H and O–H groups in total. The first-order valence-corrected chi connectivity index (χ1v) is 11.4. The molecular formula is C27H25N3O4. The van der Waals surface area contributed by atoms with Gasteiger partial charge < -0.3 is 29.4 Å². The first-order valence-electron chi connectivity index (χ1n) is 11.4. The second-order valence-corrected chi connectivity index (χ2v) is 8.47. The van der Waals surface area contributed by atoms with E-state index in [1.165, 1.54) is 10.9 Å². The molecular weight excluding hydrogens is 430 g/mol. The van der Waals surface area contributed by atoms with Crippen LogP contribution < -0.4 is 19.5 Å². The van der Waals surface area contributed by atoms with Gasteiger partial charge in [0, 0.05) is 34.9 Å². The number of para-hydroxylation sites is 1. The summed E-state index contributed by atoms with van der Waals surface area (Å²) >= 11 is 0. The molecule has 2 aliphatic heterocycles. The van der Waals surface area contributed by atoms with E-state index in [1.54, 1.807) is 7.11 Å². The highest BCUT2D eigenvalue weighted by molar-refractivity contribution is 5.92. The Morgan fingerprint density at radius 3 is 2.65 bits per heavy atom. The van der Waals surface area contributed by atoms with Gasteiger partial charge in [0.2, 0.25) is 0 Å². The number of nitrogens with zero attached hydrogens (tertiary/aromatic N) is 1. The molecule has 34 heavy (non-hydrogen) atoms. The first kappa shape index (κ1) is 20.5. The average molecular weight is 456 g/mol. The maximum Gasteiger partial charge on any atom is 0.322 e. The number of ether oxygens (including phenoxy) is 3. The number of aromatic nitrogens is 1. The molecule has 172 valence electrons. The quantitative estimate of drug-likeness (QED) is 0.449. The van der Waals surface area contributed by atoms with E-state index in [9.17, 15) is 4.79 Å². The Morgan fingerprint density at radius 1 is 1.03 bits per heavy atom. The Bertz CT molecular complexity index is 1360. The number of anilines is 1. The van der Waals surface area contributed by atoms with E-state index < -0.39 is 0 Å². The van der Waals surface area contributed by atoms with Crippen LogP contribution in [0.1, 0.15) is 22.9 Å². The van der Waals surface area contributed by atoms with Gasteiger partial charge in [0.05, 0.1) is 13.2 Å². The lowest BCUT2D eigenvalue weighted by Gasteiger charge is -2.36. The van der Waals surface area contributed by atoms with Crippen molar-refractivity contribution in [2.75, 3.05) is 32.2 Å². The van der Waals surface area contributed by atoms with Crippen LogP contribution in [0.25, 0.3) is 10.9 Å². The van der Waals surface area contributed by atoms with Crippen molar-refractivity contribution in [2.24, 2.45) is 0 Å². The number of methoxy groups -OCH3 is 1. The molecule has 0 aliphatic carbocycles. The molecule has 0 radical (unpaired) electrons. The highest BCUT2D eigenvalue weighted by Crippen LogP contribution is 2.39. The summed E-state index contributed by atoms with van der Waals surface area (Å²) in [6, 6.07) is 21.3. The van der Waals surface area contributed by atoms with Gasteiger partial charge in [-0.15, -0.1) is 0 Å². The lowest BCUT2D eigenvalue weighted by atomic mass is 9.92. The second-order valence-electron chi connectivity index (χ2n) is 8.47. The lowest BCUT2D eigenvalue weighted by molar-refractivity contribution is 0.171. The van der Waals surface area contributed by atoms with Gasteiger partial charge in [-0.2, -0.15) is 0 Å². The smallest absolute Gasteiger partial charge is 0.322 e. The zero-order valence-corrected chi connectivity index (χ0v) is 18.8. The third kappa shape index (κ3) is 3.50. The average Bonchev–Trinajstić information content (AvgIpc) is 3.27. The number of benzene rings is 3. The number of nitrogens with one attached hydrogen (secondary N) is 2. The minimum atomic E-state index is -0.251. The molecule has 0 fully saturated rings. The van der Waals surface area contributed by atoms with E-state index in [0.717, 1.165) is 28.9 Å². The standard InChI is InChI=1S/C27H25N3O4/c1-32-19-9-6-17(7-10-19)26-25-21(20-4-2-3-5-22(20)29-25)12-13-30(26)27(31)28-18-8-11-23-24(16-18)34-15-14-33-23/h2-11,16,26,29H,12-15H2,1H3,(H,28,31)/t26-/m1/s1. The van der Waals surface area contributed by atoms with Gasteiger partial charge >= 0.3 is 6.03 Å². The predicted octanol–water partition coefficient (Wildman–Crippen LogP) is 5.13. The monoisotopic (exact) mass is 455 g/mol. The van der Waals surface area contributed by atoms with Crippen molar-refractivity contribution < 1.29 is 19.0 Å². The summed E-state index contributed by atoms with van der Waals surface area (Å²) in [4.78, 5) is 19.1. The Labute approximate surface area is 197 Å². The predicted molar refractivity (Wildman–Crippen MR) is 130 cm³/mol. The van der Waals surface area contributed by atoms with Crippen LogP contribution in [-0.2, 0) is 6.42 Å². The van der Waals surface area contributed by atoms with Gasteiger partial charge in [0.25, 0.3) is 0 Å². The molecule has 0 saturated carbocycles. The maximum absolute atomic E-state index is 13.6. The third-order valence-corrected chi connectivity index (χ3v) is 6.52. The van der Waals surface area contributed by atoms with Crippen LogP contribution in [0.3, 0.4) is 0 Å². The number of urea groups is 1. The number of hydrogen-bond donors (Lipinski definition) is 2. The van der Waals surface area contributed by atoms with Gasteiger partial charge in [-0.1, -0.05) is 30.3 Å². The van der Waals surface area contributed by atoms with E-state index in [4.69, 9.17) is 14.2 Å². The van der Waals surface area contributed by atoms with Gasteiger partial charge in [0.15, 0.2) is 11.5 Å². The van der Waals surface area contributed by atoms with Gasteiger partial charge in [0.1, 0.15) is 19.0 Å². The van der Waals surface area contributed by atoms with Gasteiger partial charge in [-0.25, -0.2) is 4.79 Å². The topological polar surface area (TPSA) is 75.8 Å². The molecule has 0 spiro atoms. The molecule has 1 atom stereocenters. The number of H-pyrrole nitrogens is 1. The van der Waals surface area contributed by atoms with E-state index in [-0.39, 0.29) is 12.1 Å². The zero-order valence-electron chi connectivity index (χ0n) is 18.8. The highest BCUT2D eigenvalue weighted by atomic mass is 16.6. The minimum Gasteiger partial charge on any atom is -0.497 e. The first-order chi connectivity index (χ1) is 16.7. The molecule has 2 aliphatic rings. The van der Waals surface area contributed by atoms with E-state index >= 15 is 0 Å². The maximum atomic E-state index is 13.6. The van der Waals surface area contributed by atoms with Crippen molar-refractivity contribution in [2.45, 2.75) is 12.5 Å². The lowest BCUT2D eigenvalue weighted by Crippen LogP contribution is -2.43. The molecule has 1 aromatic heterocycles. The van der Waals surface area contributed by atoms with E-state index in [1.807, 2.05) is 53.4 Å². The molecule has 6 rings (SSSR count). The number of fused-ring (bicyclic) bond motifs is 4. The number of rotatable bonds is 3. The van der Waals surface area contributed by atoms with Crippen molar-refractivity contribution in [1.82, 2.24) is 9.88 Å². The van der Waals surface area contributed by atoms with Crippen molar-refractivity contribution in [3.8, 4) is 17.2 Å². The second kappa shape index (κ2) is 8.33. The fraction of sp³-hybridized carbons (Fsp3) is 0.222. The summed E-state index contributed by atoms with van der Waals surface area (Å²) in [6.45, 7) is 1.63. The van der Waals surface area contributed by atoms with Crippen LogP contribution in [0, 0.1) is 0 Å². The van der Waals surface area contributed by atoms with Crippen LogP contribution in [0.5, 0.6) is 17.2 Å². The molecule has 0 saturated heterocycles.